The van der Waals surface area contributed by atoms with Crippen LogP contribution in [0.15, 0.2) is 42.0 Å². The first-order valence-electron chi connectivity index (χ1n) is 7.81. The van der Waals surface area contributed by atoms with Crippen molar-refractivity contribution in [2.45, 2.75) is 25.6 Å². The zero-order chi connectivity index (χ0) is 19.1. The molecule has 1 N–H and O–H groups in total. The molecule has 0 saturated carbocycles. The second-order valence-electron chi connectivity index (χ2n) is 5.87. The molecule has 1 unspecified atom stereocenters. The molecule has 0 spiro atoms. The van der Waals surface area contributed by atoms with E-state index in [9.17, 15) is 18.0 Å². The number of carboxylic acids is 1. The summed E-state index contributed by atoms with van der Waals surface area (Å²) < 4.78 is 45.0. The summed E-state index contributed by atoms with van der Waals surface area (Å²) in [4.78, 5) is 11.3. The fourth-order valence-electron chi connectivity index (χ4n) is 2.83. The second kappa shape index (κ2) is 8.27. The second-order valence-corrected chi connectivity index (χ2v) is 6.30. The van der Waals surface area contributed by atoms with Crippen molar-refractivity contribution in [1.29, 1.82) is 0 Å². The topological polar surface area (TPSA) is 46.5 Å². The fourth-order valence-corrected chi connectivity index (χ4v) is 3.06. The summed E-state index contributed by atoms with van der Waals surface area (Å²) in [6.07, 6.45) is -5.60. The molecule has 0 radical (unpaired) electrons. The molecule has 1 heterocycles. The van der Waals surface area contributed by atoms with Crippen LogP contribution < -0.4 is 34.3 Å². The molecule has 0 fully saturated rings. The Hall–Kier alpha value is -1.47. The van der Waals surface area contributed by atoms with E-state index in [2.05, 4.69) is 0 Å². The molecule has 1 atom stereocenters. The van der Waals surface area contributed by atoms with E-state index in [1.165, 1.54) is 12.1 Å². The predicted molar refractivity (Wildman–Crippen MR) is 93.5 cm³/mol. The summed E-state index contributed by atoms with van der Waals surface area (Å²) in [7, 11) is 0. The van der Waals surface area contributed by atoms with Crippen molar-refractivity contribution in [2.75, 3.05) is 0 Å². The van der Waals surface area contributed by atoms with E-state index in [0.29, 0.717) is 11.1 Å². The average Bonchev–Trinajstić information content (AvgIpc) is 2.59. The van der Waals surface area contributed by atoms with Crippen molar-refractivity contribution in [2.24, 2.45) is 0 Å². The number of carboxylic acid groups (broad SMARTS) is 1. The maximum atomic E-state index is 13.3. The monoisotopic (exact) mass is 406 g/mol. The maximum Gasteiger partial charge on any atom is 1.00 e. The molecule has 0 saturated heterocycles. The maximum absolute atomic E-state index is 13.3. The molecule has 1 aliphatic heterocycles. The zero-order valence-electron chi connectivity index (χ0n) is 15.6. The van der Waals surface area contributed by atoms with E-state index in [1.807, 2.05) is 19.1 Å². The molecular formula is C19H15ClF3NaO3. The summed E-state index contributed by atoms with van der Waals surface area (Å²) in [6, 6.07) is 10.2. The van der Waals surface area contributed by atoms with E-state index in [1.54, 1.807) is 12.1 Å². The summed E-state index contributed by atoms with van der Waals surface area (Å²) in [6.45, 7) is 1.99. The van der Waals surface area contributed by atoms with E-state index in [4.69, 9.17) is 21.4 Å². The Kier molecular flexibility index (Phi) is 6.68. The summed E-state index contributed by atoms with van der Waals surface area (Å²) >= 11 is 6.09. The Morgan fingerprint density at radius 3 is 2.41 bits per heavy atom. The minimum Gasteiger partial charge on any atom is -1.00 e. The molecule has 3 nitrogen and oxygen atoms in total. The first-order valence-corrected chi connectivity index (χ1v) is 8.19. The number of fused-ring (bicyclic) bond motifs is 1. The van der Waals surface area contributed by atoms with Gasteiger partial charge in [0.25, 0.3) is 0 Å². The van der Waals surface area contributed by atoms with Crippen molar-refractivity contribution in [1.82, 2.24) is 0 Å². The smallest absolute Gasteiger partial charge is 1.00 e. The van der Waals surface area contributed by atoms with Gasteiger partial charge in [0.2, 0.25) is 6.10 Å². The molecule has 2 aromatic carbocycles. The number of aryl methyl sites for hydroxylation is 1. The molecule has 0 aromatic heterocycles. The van der Waals surface area contributed by atoms with Crippen molar-refractivity contribution >= 4 is 23.6 Å². The molecule has 1 aliphatic rings. The van der Waals surface area contributed by atoms with Gasteiger partial charge in [-0.15, -0.1) is 0 Å². The van der Waals surface area contributed by atoms with Gasteiger partial charge >= 0.3 is 41.7 Å². The number of rotatable bonds is 3. The number of alkyl halides is 3. The van der Waals surface area contributed by atoms with Gasteiger partial charge in [0.15, 0.2) is 0 Å². The number of ether oxygens (including phenoxy) is 1. The van der Waals surface area contributed by atoms with Crippen LogP contribution in [0.4, 0.5) is 13.2 Å². The van der Waals surface area contributed by atoms with E-state index >= 15 is 0 Å². The van der Waals surface area contributed by atoms with Gasteiger partial charge in [-0.05, 0) is 35.8 Å². The Balaban J connectivity index is 0.00000196. The number of carbonyl (C=O) groups is 1. The third kappa shape index (κ3) is 4.51. The van der Waals surface area contributed by atoms with Crippen LogP contribution in [0.25, 0.3) is 17.2 Å². The summed E-state index contributed by atoms with van der Waals surface area (Å²) in [5.74, 6) is -1.72. The van der Waals surface area contributed by atoms with Gasteiger partial charge in [-0.25, -0.2) is 4.79 Å². The van der Waals surface area contributed by atoms with Crippen molar-refractivity contribution in [3.05, 3.63) is 58.1 Å². The number of halogens is 4. The minimum absolute atomic E-state index is 0. The van der Waals surface area contributed by atoms with Crippen LogP contribution in [-0.4, -0.2) is 23.4 Å². The number of aliphatic carboxylic acids is 1. The fraction of sp³-hybridized carbons (Fsp3) is 0.211. The molecule has 8 heteroatoms. The molecule has 138 valence electrons. The first-order chi connectivity index (χ1) is 12.2. The zero-order valence-corrected chi connectivity index (χ0v) is 17.4. The van der Waals surface area contributed by atoms with Crippen LogP contribution >= 0.6 is 11.6 Å². The van der Waals surface area contributed by atoms with Crippen LogP contribution in [-0.2, 0) is 11.2 Å². The molecule has 0 aliphatic carbocycles. The van der Waals surface area contributed by atoms with Crippen LogP contribution in [0.3, 0.4) is 0 Å². The number of hydrogen-bond acceptors (Lipinski definition) is 2. The van der Waals surface area contributed by atoms with E-state index in [-0.39, 0.29) is 47.3 Å². The van der Waals surface area contributed by atoms with Gasteiger partial charge in [-0.1, -0.05) is 42.8 Å². The van der Waals surface area contributed by atoms with Crippen LogP contribution in [0.2, 0.25) is 5.02 Å². The van der Waals surface area contributed by atoms with Gasteiger partial charge in [0, 0.05) is 16.1 Å². The molecule has 0 bridgehead atoms. The first kappa shape index (κ1) is 21.8. The Morgan fingerprint density at radius 1 is 1.26 bits per heavy atom. The van der Waals surface area contributed by atoms with Crippen LogP contribution in [0.1, 0.15) is 19.5 Å². The Labute approximate surface area is 182 Å². The number of benzene rings is 2. The quantitative estimate of drug-likeness (QED) is 0.797. The average molecular weight is 407 g/mol. The van der Waals surface area contributed by atoms with Crippen molar-refractivity contribution in [3.8, 4) is 16.9 Å². The third-order valence-electron chi connectivity index (χ3n) is 4.13. The van der Waals surface area contributed by atoms with Gasteiger partial charge in [-0.3, -0.25) is 0 Å². The molecule has 2 aromatic rings. The van der Waals surface area contributed by atoms with Crippen LogP contribution in [0.5, 0.6) is 5.75 Å². The molecule has 0 amide bonds. The third-order valence-corrected chi connectivity index (χ3v) is 4.35. The number of hydrogen-bond donors (Lipinski definition) is 1. The molecular weight excluding hydrogens is 392 g/mol. The van der Waals surface area contributed by atoms with Gasteiger partial charge in [0.05, 0.1) is 5.57 Å². The minimum atomic E-state index is -4.86. The molecule has 27 heavy (non-hydrogen) atoms. The summed E-state index contributed by atoms with van der Waals surface area (Å²) in [5, 5.41) is 9.40. The van der Waals surface area contributed by atoms with Crippen LogP contribution in [0, 0.1) is 0 Å². The predicted octanol–water partition coefficient (Wildman–Crippen LogP) is 2.48. The van der Waals surface area contributed by atoms with Gasteiger partial charge < -0.3 is 11.3 Å². The summed E-state index contributed by atoms with van der Waals surface area (Å²) in [5.41, 5.74) is 1.41. The van der Waals surface area contributed by atoms with Gasteiger partial charge in [0.1, 0.15) is 5.75 Å². The van der Waals surface area contributed by atoms with Gasteiger partial charge in [-0.2, -0.15) is 13.2 Å². The standard InChI is InChI=1S/C19H14ClF3O3.Na.H/c1-2-10-3-5-11(6-4-10)14-9-13(20)7-12-8-15(18(24)25)17(19(21,22)23)26-16(12)14;;/h3-9,17H,2H2,1H3,(H,24,25);;/q;+1;-1. The molecule has 3 rings (SSSR count). The van der Waals surface area contributed by atoms with E-state index < -0.39 is 23.8 Å². The largest absolute Gasteiger partial charge is 1.00 e. The van der Waals surface area contributed by atoms with E-state index in [0.717, 1.165) is 18.1 Å². The van der Waals surface area contributed by atoms with Crippen molar-refractivity contribution in [3.63, 3.8) is 0 Å². The SMILES string of the molecule is CCc1ccc(-c2cc(Cl)cc3c2OC(C(F)(F)F)C(C(=O)O)=C3)cc1.[H-].[Na+]. The Bertz CT molecular complexity index is 899. The Morgan fingerprint density at radius 2 is 1.89 bits per heavy atom. The van der Waals surface area contributed by atoms with Crippen molar-refractivity contribution < 1.29 is 58.8 Å². The normalized spacial score (nSPS) is 15.9.